The molecule has 1 aromatic heterocycles. The summed E-state index contributed by atoms with van der Waals surface area (Å²) in [5, 5.41) is 8.68. The number of nitrogens with zero attached hydrogens (tertiary/aromatic N) is 4. The van der Waals surface area contributed by atoms with E-state index in [1.54, 1.807) is 0 Å². The monoisotopic (exact) mass is 495 g/mol. The lowest BCUT2D eigenvalue weighted by Gasteiger charge is -2.17. The maximum atomic E-state index is 12.9. The van der Waals surface area contributed by atoms with Gasteiger partial charge >= 0.3 is 0 Å². The van der Waals surface area contributed by atoms with Gasteiger partial charge in [0.1, 0.15) is 0 Å². The first-order valence-electron chi connectivity index (χ1n) is 9.51. The van der Waals surface area contributed by atoms with Crippen molar-refractivity contribution in [3.63, 3.8) is 0 Å². The van der Waals surface area contributed by atoms with Gasteiger partial charge in [0.15, 0.2) is 0 Å². The number of carbonyl (C=O) groups is 2. The number of nitrogens with two attached hydrogens (primary N) is 1. The number of benzene rings is 1. The number of amides is 2. The molecule has 2 amide bonds. The van der Waals surface area contributed by atoms with Crippen molar-refractivity contribution in [2.45, 2.75) is 15.7 Å². The molecule has 2 unspecified atom stereocenters. The Morgan fingerprint density at radius 3 is 2.09 bits per heavy atom. The highest BCUT2D eigenvalue weighted by molar-refractivity contribution is 7.91. The summed E-state index contributed by atoms with van der Waals surface area (Å²) in [6.45, 7) is 0. The molecule has 1 saturated carbocycles. The van der Waals surface area contributed by atoms with E-state index >= 15 is 0 Å². The van der Waals surface area contributed by atoms with Crippen molar-refractivity contribution in [1.82, 2.24) is 9.78 Å². The molecule has 2 fully saturated rings. The number of hydrogen-bond donors (Lipinski definition) is 1. The van der Waals surface area contributed by atoms with Crippen LogP contribution in [-0.2, 0) is 36.7 Å². The molecular weight excluding hydrogens is 478 g/mol. The van der Waals surface area contributed by atoms with Crippen molar-refractivity contribution in [1.29, 1.82) is 0 Å². The number of fused-ring (bicyclic) bond motifs is 5. The van der Waals surface area contributed by atoms with Gasteiger partial charge in [0, 0.05) is 7.05 Å². The average Bonchev–Trinajstić information content (AvgIpc) is 3.46. The fraction of sp³-hybridized carbons (Fsp3) is 0.333. The summed E-state index contributed by atoms with van der Waals surface area (Å²) < 4.78 is 52.4. The average molecular weight is 496 g/mol. The summed E-state index contributed by atoms with van der Waals surface area (Å²) in [5.74, 6) is -1.07. The van der Waals surface area contributed by atoms with Crippen molar-refractivity contribution in [3.8, 4) is 0 Å². The van der Waals surface area contributed by atoms with E-state index < -0.39 is 24.4 Å². The predicted octanol–water partition coefficient (Wildman–Crippen LogP) is -0.270. The number of carbonyl (C=O) groups excluding carboxylic acids is 2. The summed E-state index contributed by atoms with van der Waals surface area (Å²) in [6.07, 6.45) is 4.82. The van der Waals surface area contributed by atoms with Crippen LogP contribution in [0.15, 0.2) is 50.1 Å². The summed E-state index contributed by atoms with van der Waals surface area (Å²) in [6, 6.07) is 5.27. The largest absolute Gasteiger partial charge is 0.285 e. The first kappa shape index (κ1) is 21.2. The molecule has 2 N–H and O–H groups in total. The fourth-order valence-electron chi connectivity index (χ4n) is 4.60. The van der Waals surface area contributed by atoms with Crippen LogP contribution in [-0.4, -0.2) is 38.4 Å². The molecule has 3 aliphatic rings. The number of allylic oxidation sites excluding steroid dienone is 2. The number of hydrogen-bond acceptors (Lipinski definition) is 8. The molecule has 14 heteroatoms. The van der Waals surface area contributed by atoms with Gasteiger partial charge in [-0.25, -0.2) is 18.2 Å². The first-order chi connectivity index (χ1) is 15.0. The van der Waals surface area contributed by atoms with Crippen LogP contribution in [0.3, 0.4) is 0 Å². The van der Waals surface area contributed by atoms with Crippen LogP contribution < -0.4 is 14.8 Å². The zero-order valence-corrected chi connectivity index (χ0v) is 19.0. The molecule has 2 bridgehead atoms. The third-order valence-corrected chi connectivity index (χ3v) is 9.70. The Morgan fingerprint density at radius 2 is 1.59 bits per heavy atom. The summed E-state index contributed by atoms with van der Waals surface area (Å²) >= 11 is 0.517. The van der Waals surface area contributed by atoms with Gasteiger partial charge in [-0.1, -0.05) is 23.5 Å². The normalized spacial score (nSPS) is 27.6. The van der Waals surface area contributed by atoms with Gasteiger partial charge in [0.25, 0.3) is 20.0 Å². The minimum absolute atomic E-state index is 0.0762. The van der Waals surface area contributed by atoms with Crippen LogP contribution in [0.2, 0.25) is 0 Å². The summed E-state index contributed by atoms with van der Waals surface area (Å²) in [4.78, 5) is 26.6. The van der Waals surface area contributed by atoms with Crippen LogP contribution >= 0.6 is 11.3 Å². The predicted molar refractivity (Wildman–Crippen MR) is 112 cm³/mol. The van der Waals surface area contributed by atoms with Gasteiger partial charge in [0.2, 0.25) is 21.0 Å². The maximum Gasteiger partial charge on any atom is 0.285 e. The second kappa shape index (κ2) is 6.91. The van der Waals surface area contributed by atoms with Crippen LogP contribution in [0, 0.1) is 23.7 Å². The van der Waals surface area contributed by atoms with E-state index in [0.717, 1.165) is 16.0 Å². The molecule has 0 radical (unpaired) electrons. The Bertz CT molecular complexity index is 1440. The fourth-order valence-corrected chi connectivity index (χ4v) is 7.37. The Hall–Kier alpha value is -2.68. The van der Waals surface area contributed by atoms with Crippen molar-refractivity contribution >= 4 is 48.9 Å². The van der Waals surface area contributed by atoms with Gasteiger partial charge in [-0.15, -0.1) is 9.50 Å². The maximum absolute atomic E-state index is 12.9. The molecule has 5 rings (SSSR count). The van der Waals surface area contributed by atoms with Gasteiger partial charge in [-0.2, -0.15) is 8.42 Å². The van der Waals surface area contributed by atoms with Crippen LogP contribution in [0.1, 0.15) is 6.42 Å². The van der Waals surface area contributed by atoms with Crippen molar-refractivity contribution in [2.24, 2.45) is 40.3 Å². The number of aromatic nitrogens is 2. The number of rotatable bonds is 4. The van der Waals surface area contributed by atoms with E-state index in [2.05, 4.69) is 9.50 Å². The van der Waals surface area contributed by atoms with Crippen molar-refractivity contribution in [3.05, 3.63) is 41.2 Å². The number of aryl methyl sites for hydroxylation is 1. The molecule has 1 aliphatic heterocycles. The summed E-state index contributed by atoms with van der Waals surface area (Å²) in [5.41, 5.74) is 0.299. The highest BCUT2D eigenvalue weighted by Crippen LogP contribution is 2.53. The van der Waals surface area contributed by atoms with Gasteiger partial charge in [-0.3, -0.25) is 14.5 Å². The molecule has 11 nitrogen and oxygen atoms in total. The molecule has 168 valence electrons. The zero-order chi connectivity index (χ0) is 23.0. The molecule has 1 saturated heterocycles. The minimum Gasteiger partial charge on any atom is -0.274 e. The van der Waals surface area contributed by atoms with Crippen LogP contribution in [0.4, 0.5) is 5.69 Å². The molecule has 1 aromatic carbocycles. The second-order valence-corrected chi connectivity index (χ2v) is 12.2. The third kappa shape index (κ3) is 3.17. The van der Waals surface area contributed by atoms with Crippen molar-refractivity contribution in [2.75, 3.05) is 4.90 Å². The third-order valence-electron chi connectivity index (χ3n) is 5.99. The standard InChI is InChI=1S/C18H17N5O6S3/c1-22-17(30-18(20-22)31(19,26)27)21-32(28,29)12-6-4-11(5-7-12)23-15(24)13-9-2-3-10(8-9)14(13)16(23)25/h2-7,9-10,13-14H,8H2,1H3,(H2,19,26,27)/b21-17+/t9?,10?,13-,14+. The summed E-state index contributed by atoms with van der Waals surface area (Å²) in [7, 11) is -6.98. The molecule has 32 heavy (non-hydrogen) atoms. The van der Waals surface area contributed by atoms with E-state index in [-0.39, 0.29) is 45.2 Å². The Labute approximate surface area is 187 Å². The lowest BCUT2D eigenvalue weighted by atomic mass is 9.85. The van der Waals surface area contributed by atoms with E-state index in [9.17, 15) is 26.4 Å². The molecular formula is C18H17N5O6S3. The lowest BCUT2D eigenvalue weighted by molar-refractivity contribution is -0.123. The van der Waals surface area contributed by atoms with Crippen LogP contribution in [0.25, 0.3) is 0 Å². The molecule has 0 spiro atoms. The van der Waals surface area contributed by atoms with Gasteiger partial charge in [0.05, 0.1) is 22.4 Å². The SMILES string of the molecule is Cn1nc(S(N)(=O)=O)s/c1=N/S(=O)(=O)c1ccc(N2C(=O)[C@@H]3C4C=CC(C4)[C@@H]3C2=O)cc1. The Kier molecular flexibility index (Phi) is 4.57. The van der Waals surface area contributed by atoms with E-state index in [4.69, 9.17) is 5.14 Å². The van der Waals surface area contributed by atoms with E-state index in [0.29, 0.717) is 17.0 Å². The highest BCUT2D eigenvalue weighted by Gasteiger charge is 2.59. The Balaban J connectivity index is 1.45. The first-order valence-corrected chi connectivity index (χ1v) is 13.3. The Morgan fingerprint density at radius 1 is 1.03 bits per heavy atom. The molecule has 2 aromatic rings. The van der Waals surface area contributed by atoms with E-state index in [1.807, 2.05) is 12.2 Å². The highest BCUT2D eigenvalue weighted by atomic mass is 32.2. The number of anilines is 1. The quantitative estimate of drug-likeness (QED) is 0.451. The van der Waals surface area contributed by atoms with Gasteiger partial charge in [-0.05, 0) is 42.5 Å². The molecule has 2 aliphatic carbocycles. The number of sulfonamides is 2. The van der Waals surface area contributed by atoms with Crippen LogP contribution in [0.5, 0.6) is 0 Å². The minimum atomic E-state index is -4.22. The molecule has 4 atom stereocenters. The second-order valence-electron chi connectivity index (χ2n) is 7.89. The zero-order valence-electron chi connectivity index (χ0n) is 16.5. The topological polar surface area (TPSA) is 162 Å². The number of primary sulfonamides is 1. The van der Waals surface area contributed by atoms with Crippen molar-refractivity contribution < 1.29 is 26.4 Å². The smallest absolute Gasteiger partial charge is 0.274 e. The van der Waals surface area contributed by atoms with Gasteiger partial charge < -0.3 is 0 Å². The number of imide groups is 1. The molecule has 2 heterocycles. The van der Waals surface area contributed by atoms with E-state index in [1.165, 1.54) is 31.3 Å². The lowest BCUT2D eigenvalue weighted by Crippen LogP contribution is -2.32.